The van der Waals surface area contributed by atoms with E-state index in [-0.39, 0.29) is 10.6 Å². The zero-order valence-electron chi connectivity index (χ0n) is 11.6. The average molecular weight is 354 g/mol. The summed E-state index contributed by atoms with van der Waals surface area (Å²) in [5.74, 6) is 0.480. The number of aromatic nitrogens is 1. The van der Waals surface area contributed by atoms with E-state index in [1.165, 1.54) is 17.4 Å². The van der Waals surface area contributed by atoms with Crippen LogP contribution < -0.4 is 0 Å². The average Bonchev–Trinajstić information content (AvgIpc) is 3.09. The summed E-state index contributed by atoms with van der Waals surface area (Å²) in [6.07, 6.45) is 3.58. The van der Waals surface area contributed by atoms with Crippen LogP contribution in [-0.4, -0.2) is 19.2 Å². The quantitative estimate of drug-likeness (QED) is 0.692. The summed E-state index contributed by atoms with van der Waals surface area (Å²) in [6, 6.07) is 8.43. The second kappa shape index (κ2) is 5.87. The van der Waals surface area contributed by atoms with Crippen molar-refractivity contribution < 1.29 is 12.8 Å². The second-order valence-electron chi connectivity index (χ2n) is 4.56. The van der Waals surface area contributed by atoms with E-state index in [0.717, 1.165) is 4.88 Å². The summed E-state index contributed by atoms with van der Waals surface area (Å²) in [5, 5.41) is 0. The predicted octanol–water partition coefficient (Wildman–Crippen LogP) is 4.51. The molecule has 0 radical (unpaired) electrons. The Bertz CT molecular complexity index is 954. The summed E-state index contributed by atoms with van der Waals surface area (Å²) < 4.78 is 30.1. The van der Waals surface area contributed by atoms with Crippen LogP contribution in [0.2, 0.25) is 4.34 Å². The molecule has 114 valence electrons. The van der Waals surface area contributed by atoms with Crippen molar-refractivity contribution >= 4 is 56.0 Å². The largest absolute Gasteiger partial charge is 0.437 e. The van der Waals surface area contributed by atoms with E-state index in [0.29, 0.717) is 21.3 Å². The molecule has 0 amide bonds. The maximum Gasteiger partial charge on any atom is 0.220 e. The number of benzene rings is 1. The zero-order chi connectivity index (χ0) is 15.7. The lowest BCUT2D eigenvalue weighted by Gasteiger charge is -1.99. The Morgan fingerprint density at radius 2 is 2.09 bits per heavy atom. The third-order valence-corrected chi connectivity index (χ3v) is 6.03. The van der Waals surface area contributed by atoms with Gasteiger partial charge in [0.1, 0.15) is 5.52 Å². The van der Waals surface area contributed by atoms with Crippen LogP contribution in [0.1, 0.15) is 17.7 Å². The molecule has 2 heterocycles. The number of hydrogen-bond donors (Lipinski definition) is 0. The molecular formula is C15H12ClNO3S2. The van der Waals surface area contributed by atoms with Crippen LogP contribution in [-0.2, 0) is 9.84 Å². The maximum atomic E-state index is 11.9. The van der Waals surface area contributed by atoms with Gasteiger partial charge in [0.2, 0.25) is 5.89 Å². The van der Waals surface area contributed by atoms with E-state index in [1.807, 2.05) is 18.2 Å². The summed E-state index contributed by atoms with van der Waals surface area (Å²) in [7, 11) is -3.25. The van der Waals surface area contributed by atoms with Crippen molar-refractivity contribution in [1.29, 1.82) is 0 Å². The third-order valence-electron chi connectivity index (χ3n) is 3.10. The monoisotopic (exact) mass is 353 g/mol. The van der Waals surface area contributed by atoms with Crippen LogP contribution in [0.4, 0.5) is 0 Å². The number of sulfone groups is 1. The number of hydrogen-bond acceptors (Lipinski definition) is 5. The Balaban J connectivity index is 1.95. The second-order valence-corrected chi connectivity index (χ2v) is 8.59. The minimum Gasteiger partial charge on any atom is -0.437 e. The number of oxazole rings is 1. The number of nitrogens with zero attached hydrogens (tertiary/aromatic N) is 1. The fourth-order valence-corrected chi connectivity index (χ4v) is 3.79. The smallest absolute Gasteiger partial charge is 0.220 e. The summed E-state index contributed by atoms with van der Waals surface area (Å²) in [4.78, 5) is 5.54. The van der Waals surface area contributed by atoms with Gasteiger partial charge in [-0.15, -0.1) is 11.3 Å². The molecule has 3 aromatic rings. The van der Waals surface area contributed by atoms with Gasteiger partial charge in [-0.05, 0) is 36.4 Å². The van der Waals surface area contributed by atoms with Crippen molar-refractivity contribution in [3.63, 3.8) is 0 Å². The predicted molar refractivity (Wildman–Crippen MR) is 90.0 cm³/mol. The number of fused-ring (bicyclic) bond motifs is 1. The summed E-state index contributed by atoms with van der Waals surface area (Å²) in [6.45, 7) is 1.61. The first-order valence-corrected chi connectivity index (χ1v) is 9.39. The molecule has 0 unspecified atom stereocenters. The topological polar surface area (TPSA) is 60.2 Å². The van der Waals surface area contributed by atoms with Crippen molar-refractivity contribution in [3.8, 4) is 0 Å². The Labute approximate surface area is 137 Å². The van der Waals surface area contributed by atoms with Crippen molar-refractivity contribution in [2.45, 2.75) is 11.8 Å². The van der Waals surface area contributed by atoms with Gasteiger partial charge in [-0.25, -0.2) is 13.4 Å². The highest BCUT2D eigenvalue weighted by molar-refractivity contribution is 7.91. The van der Waals surface area contributed by atoms with Crippen LogP contribution in [0.25, 0.3) is 23.3 Å². The van der Waals surface area contributed by atoms with Gasteiger partial charge in [0, 0.05) is 11.0 Å². The lowest BCUT2D eigenvalue weighted by Crippen LogP contribution is -2.03. The number of thiophene rings is 1. The molecule has 0 spiro atoms. The Hall–Kier alpha value is -1.63. The molecule has 4 nitrogen and oxygen atoms in total. The van der Waals surface area contributed by atoms with Gasteiger partial charge in [0.05, 0.1) is 15.0 Å². The van der Waals surface area contributed by atoms with Gasteiger partial charge >= 0.3 is 0 Å². The van der Waals surface area contributed by atoms with E-state index >= 15 is 0 Å². The van der Waals surface area contributed by atoms with E-state index in [4.69, 9.17) is 16.0 Å². The highest BCUT2D eigenvalue weighted by Crippen LogP contribution is 2.25. The summed E-state index contributed by atoms with van der Waals surface area (Å²) in [5.41, 5.74) is 1.08. The number of rotatable bonds is 4. The van der Waals surface area contributed by atoms with Crippen molar-refractivity contribution in [3.05, 3.63) is 45.4 Å². The lowest BCUT2D eigenvalue weighted by atomic mass is 10.3. The maximum absolute atomic E-state index is 11.9. The molecule has 22 heavy (non-hydrogen) atoms. The molecule has 0 aliphatic heterocycles. The SMILES string of the molecule is CCS(=O)(=O)c1ccc2oc(C=Cc3ccc(Cl)s3)nc2c1. The van der Waals surface area contributed by atoms with Gasteiger partial charge in [0.15, 0.2) is 15.4 Å². The molecule has 0 fully saturated rings. The van der Waals surface area contributed by atoms with E-state index in [1.54, 1.807) is 25.1 Å². The van der Waals surface area contributed by atoms with Crippen LogP contribution >= 0.6 is 22.9 Å². The molecule has 3 rings (SSSR count). The van der Waals surface area contributed by atoms with Gasteiger partial charge in [-0.2, -0.15) is 0 Å². The Morgan fingerprint density at radius 1 is 1.27 bits per heavy atom. The normalized spacial score (nSPS) is 12.5. The molecule has 7 heteroatoms. The minimum atomic E-state index is -3.25. The molecule has 2 aromatic heterocycles. The first-order valence-electron chi connectivity index (χ1n) is 6.55. The van der Waals surface area contributed by atoms with Gasteiger partial charge < -0.3 is 4.42 Å². The molecule has 0 bridgehead atoms. The van der Waals surface area contributed by atoms with Gasteiger partial charge in [-0.1, -0.05) is 18.5 Å². The van der Waals surface area contributed by atoms with Crippen molar-refractivity contribution in [2.24, 2.45) is 0 Å². The van der Waals surface area contributed by atoms with E-state index in [2.05, 4.69) is 4.98 Å². The molecule has 0 N–H and O–H groups in total. The van der Waals surface area contributed by atoms with Crippen LogP contribution in [0.15, 0.2) is 39.6 Å². The Morgan fingerprint density at radius 3 is 2.77 bits per heavy atom. The molecular weight excluding hydrogens is 342 g/mol. The van der Waals surface area contributed by atoms with Gasteiger partial charge in [-0.3, -0.25) is 0 Å². The summed E-state index contributed by atoms with van der Waals surface area (Å²) >= 11 is 7.32. The lowest BCUT2D eigenvalue weighted by molar-refractivity contribution is 0.589. The minimum absolute atomic E-state index is 0.0578. The van der Waals surface area contributed by atoms with Crippen molar-refractivity contribution in [2.75, 3.05) is 5.75 Å². The molecule has 0 aliphatic carbocycles. The molecule has 0 aliphatic rings. The van der Waals surface area contributed by atoms with Crippen LogP contribution in [0.3, 0.4) is 0 Å². The standard InChI is InChI=1S/C15H12ClNO3S2/c1-2-22(18,19)11-5-6-13-12(9-11)17-15(20-13)8-4-10-3-7-14(16)21-10/h3-9H,2H2,1H3. The molecule has 0 saturated heterocycles. The molecule has 0 saturated carbocycles. The van der Waals surface area contributed by atoms with Crippen LogP contribution in [0.5, 0.6) is 0 Å². The highest BCUT2D eigenvalue weighted by Gasteiger charge is 2.14. The molecule has 0 atom stereocenters. The highest BCUT2D eigenvalue weighted by atomic mass is 35.5. The molecule has 1 aromatic carbocycles. The van der Waals surface area contributed by atoms with E-state index in [9.17, 15) is 8.42 Å². The van der Waals surface area contributed by atoms with Crippen molar-refractivity contribution in [1.82, 2.24) is 4.98 Å². The first kappa shape index (κ1) is 15.3. The third kappa shape index (κ3) is 3.09. The first-order chi connectivity index (χ1) is 10.5. The van der Waals surface area contributed by atoms with E-state index < -0.39 is 9.84 Å². The van der Waals surface area contributed by atoms with Gasteiger partial charge in [0.25, 0.3) is 0 Å². The fourth-order valence-electron chi connectivity index (χ4n) is 1.93. The van der Waals surface area contributed by atoms with Crippen LogP contribution in [0, 0.1) is 0 Å². The number of halogens is 1. The zero-order valence-corrected chi connectivity index (χ0v) is 14.0. The Kier molecular flexibility index (Phi) is 4.08. The fraction of sp³-hybridized carbons (Fsp3) is 0.133.